The number of hydrogen-bond acceptors (Lipinski definition) is 4. The summed E-state index contributed by atoms with van der Waals surface area (Å²) >= 11 is 4.81. The molecule has 0 aliphatic carbocycles. The molecule has 1 aromatic heterocycles. The highest BCUT2D eigenvalue weighted by Gasteiger charge is 2.25. The molecule has 0 bridgehead atoms. The molecule has 5 nitrogen and oxygen atoms in total. The molecule has 22 heavy (non-hydrogen) atoms. The van der Waals surface area contributed by atoms with E-state index in [2.05, 4.69) is 40.1 Å². The summed E-state index contributed by atoms with van der Waals surface area (Å²) in [5.74, 6) is 0.502. The van der Waals surface area contributed by atoms with E-state index < -0.39 is 0 Å². The molecular weight excluding hydrogens is 366 g/mol. The maximum atomic E-state index is 12.2. The lowest BCUT2D eigenvalue weighted by atomic mass is 10.1. The third kappa shape index (κ3) is 4.29. The smallest absolute Gasteiger partial charge is 0.239 e. The Bertz CT molecular complexity index is 559. The van der Waals surface area contributed by atoms with Crippen molar-refractivity contribution >= 4 is 44.2 Å². The van der Waals surface area contributed by atoms with Crippen molar-refractivity contribution in [2.75, 3.05) is 11.9 Å². The van der Waals surface area contributed by atoms with Gasteiger partial charge in [-0.05, 0) is 12.3 Å². The van der Waals surface area contributed by atoms with Crippen LogP contribution in [-0.4, -0.2) is 33.1 Å². The highest BCUT2D eigenvalue weighted by atomic mass is 79.9. The molecule has 0 aromatic carbocycles. The van der Waals surface area contributed by atoms with Gasteiger partial charge in [0.1, 0.15) is 0 Å². The van der Waals surface area contributed by atoms with Gasteiger partial charge in [0.05, 0.1) is 17.1 Å². The van der Waals surface area contributed by atoms with E-state index >= 15 is 0 Å². The van der Waals surface area contributed by atoms with Gasteiger partial charge in [0.2, 0.25) is 11.8 Å². The van der Waals surface area contributed by atoms with Crippen LogP contribution in [0.1, 0.15) is 44.2 Å². The predicted octanol–water partition coefficient (Wildman–Crippen LogP) is 3.19. The first-order valence-electron chi connectivity index (χ1n) is 7.62. The van der Waals surface area contributed by atoms with E-state index in [4.69, 9.17) is 0 Å². The second-order valence-electron chi connectivity index (χ2n) is 5.92. The lowest BCUT2D eigenvalue weighted by molar-refractivity contribution is -0.132. The molecule has 1 N–H and O–H groups in total. The lowest BCUT2D eigenvalue weighted by Crippen LogP contribution is -2.36. The van der Waals surface area contributed by atoms with Crippen molar-refractivity contribution in [3.8, 4) is 0 Å². The van der Waals surface area contributed by atoms with Gasteiger partial charge in [-0.3, -0.25) is 9.59 Å². The number of nitrogens with one attached hydrogen (secondary N) is 1. The molecule has 1 aromatic rings. The van der Waals surface area contributed by atoms with Crippen LogP contribution in [0.25, 0.3) is 0 Å². The van der Waals surface area contributed by atoms with E-state index in [-0.39, 0.29) is 16.6 Å². The molecule has 7 heteroatoms. The zero-order valence-electron chi connectivity index (χ0n) is 13.2. The average Bonchev–Trinajstić information content (AvgIpc) is 2.86. The van der Waals surface area contributed by atoms with Crippen molar-refractivity contribution in [1.82, 2.24) is 9.88 Å². The zero-order valence-corrected chi connectivity index (χ0v) is 15.6. The van der Waals surface area contributed by atoms with E-state index in [9.17, 15) is 9.59 Å². The first kappa shape index (κ1) is 17.4. The number of thiazole rings is 1. The SMILES string of the molecule is CCC(Br)C(=O)Nc1nc2c(s1)CN(C(=O)CC(C)C)CC2. The van der Waals surface area contributed by atoms with Gasteiger partial charge < -0.3 is 10.2 Å². The van der Waals surface area contributed by atoms with Gasteiger partial charge in [-0.1, -0.05) is 48.0 Å². The average molecular weight is 388 g/mol. The molecule has 0 spiro atoms. The second kappa shape index (κ2) is 7.55. The van der Waals surface area contributed by atoms with Gasteiger partial charge in [-0.15, -0.1) is 0 Å². The van der Waals surface area contributed by atoms with Gasteiger partial charge in [-0.25, -0.2) is 4.98 Å². The van der Waals surface area contributed by atoms with Crippen molar-refractivity contribution < 1.29 is 9.59 Å². The van der Waals surface area contributed by atoms with Gasteiger partial charge in [0, 0.05) is 24.3 Å². The van der Waals surface area contributed by atoms with Gasteiger partial charge in [0.15, 0.2) is 5.13 Å². The molecule has 1 atom stereocenters. The number of rotatable bonds is 5. The summed E-state index contributed by atoms with van der Waals surface area (Å²) in [4.78, 5) is 31.3. The molecule has 0 saturated heterocycles. The van der Waals surface area contributed by atoms with Crippen LogP contribution in [0.15, 0.2) is 0 Å². The maximum Gasteiger partial charge on any atom is 0.239 e. The molecule has 1 unspecified atom stereocenters. The van der Waals surface area contributed by atoms with Crippen LogP contribution >= 0.6 is 27.3 Å². The fourth-order valence-electron chi connectivity index (χ4n) is 2.31. The summed E-state index contributed by atoms with van der Waals surface area (Å²) in [6, 6.07) is 0. The van der Waals surface area contributed by atoms with Crippen molar-refractivity contribution in [2.24, 2.45) is 5.92 Å². The fraction of sp³-hybridized carbons (Fsp3) is 0.667. The molecule has 0 saturated carbocycles. The maximum absolute atomic E-state index is 12.2. The largest absolute Gasteiger partial charge is 0.337 e. The Hall–Kier alpha value is -0.950. The van der Waals surface area contributed by atoms with Crippen LogP contribution in [0.3, 0.4) is 0 Å². The van der Waals surface area contributed by atoms with E-state index in [1.165, 1.54) is 11.3 Å². The van der Waals surface area contributed by atoms with E-state index in [0.717, 1.165) is 23.4 Å². The summed E-state index contributed by atoms with van der Waals surface area (Å²) in [6.45, 7) is 7.38. The number of amides is 2. The topological polar surface area (TPSA) is 62.3 Å². The van der Waals surface area contributed by atoms with Crippen LogP contribution in [0.2, 0.25) is 0 Å². The molecular formula is C15H22BrN3O2S. The number of carbonyl (C=O) groups is 2. The normalized spacial score (nSPS) is 15.6. The quantitative estimate of drug-likeness (QED) is 0.789. The van der Waals surface area contributed by atoms with Crippen molar-refractivity contribution in [2.45, 2.75) is 51.4 Å². The Labute approximate surface area is 143 Å². The monoisotopic (exact) mass is 387 g/mol. The van der Waals surface area contributed by atoms with Crippen molar-refractivity contribution in [3.05, 3.63) is 10.6 Å². The minimum absolute atomic E-state index is 0.0682. The standard InChI is InChI=1S/C15H22BrN3O2S/c1-4-10(16)14(21)18-15-17-11-5-6-19(8-12(11)22-15)13(20)7-9(2)3/h9-10H,4-8H2,1-3H3,(H,17,18,21). The van der Waals surface area contributed by atoms with Gasteiger partial charge >= 0.3 is 0 Å². The molecule has 0 fully saturated rings. The van der Waals surface area contributed by atoms with Gasteiger partial charge in [0.25, 0.3) is 0 Å². The molecule has 0 radical (unpaired) electrons. The van der Waals surface area contributed by atoms with Crippen LogP contribution < -0.4 is 5.32 Å². The van der Waals surface area contributed by atoms with Crippen LogP contribution in [0.4, 0.5) is 5.13 Å². The number of anilines is 1. The Kier molecular flexibility index (Phi) is 5.97. The molecule has 122 valence electrons. The number of nitrogens with zero attached hydrogens (tertiary/aromatic N) is 2. The Morgan fingerprint density at radius 1 is 1.45 bits per heavy atom. The van der Waals surface area contributed by atoms with Crippen LogP contribution in [0, 0.1) is 5.92 Å². The van der Waals surface area contributed by atoms with E-state index in [1.54, 1.807) is 0 Å². The van der Waals surface area contributed by atoms with Gasteiger partial charge in [-0.2, -0.15) is 0 Å². The highest BCUT2D eigenvalue weighted by molar-refractivity contribution is 9.10. The number of aromatic nitrogens is 1. The number of alkyl halides is 1. The first-order chi connectivity index (χ1) is 10.4. The minimum Gasteiger partial charge on any atom is -0.337 e. The molecule has 1 aliphatic heterocycles. The third-order valence-corrected chi connectivity index (χ3v) is 5.60. The summed E-state index contributed by atoms with van der Waals surface area (Å²) in [7, 11) is 0. The minimum atomic E-state index is -0.197. The molecule has 2 amide bonds. The summed E-state index contributed by atoms with van der Waals surface area (Å²) in [5.41, 5.74) is 1.01. The van der Waals surface area contributed by atoms with Crippen LogP contribution in [0.5, 0.6) is 0 Å². The lowest BCUT2D eigenvalue weighted by Gasteiger charge is -2.26. The Balaban J connectivity index is 2.01. The first-order valence-corrected chi connectivity index (χ1v) is 9.35. The highest BCUT2D eigenvalue weighted by Crippen LogP contribution is 2.29. The van der Waals surface area contributed by atoms with Crippen LogP contribution in [-0.2, 0) is 22.6 Å². The zero-order chi connectivity index (χ0) is 16.3. The predicted molar refractivity (Wildman–Crippen MR) is 92.3 cm³/mol. The number of halogens is 1. The summed E-state index contributed by atoms with van der Waals surface area (Å²) in [6.07, 6.45) is 2.07. The Morgan fingerprint density at radius 3 is 2.82 bits per heavy atom. The number of fused-ring (bicyclic) bond motifs is 1. The van der Waals surface area contributed by atoms with Crippen molar-refractivity contribution in [1.29, 1.82) is 0 Å². The number of carbonyl (C=O) groups excluding carboxylic acids is 2. The molecule has 2 heterocycles. The fourth-order valence-corrected chi connectivity index (χ4v) is 3.45. The molecule has 1 aliphatic rings. The molecule has 2 rings (SSSR count). The summed E-state index contributed by atoms with van der Waals surface area (Å²) in [5, 5.41) is 3.47. The Morgan fingerprint density at radius 2 is 2.18 bits per heavy atom. The van der Waals surface area contributed by atoms with E-state index in [0.29, 0.717) is 30.6 Å². The third-order valence-electron chi connectivity index (χ3n) is 3.54. The second-order valence-corrected chi connectivity index (χ2v) is 8.11. The van der Waals surface area contributed by atoms with E-state index in [1.807, 2.05) is 11.8 Å². The number of hydrogen-bond donors (Lipinski definition) is 1. The van der Waals surface area contributed by atoms with Crippen molar-refractivity contribution in [3.63, 3.8) is 0 Å². The summed E-state index contributed by atoms with van der Waals surface area (Å²) < 4.78 is 0.